The molecule has 0 atom stereocenters. The molecule has 0 rings (SSSR count). The number of carbonyl (C=O) groups is 2. The quantitative estimate of drug-likeness (QED) is 0.393. The molecule has 0 heterocycles. The average Bonchev–Trinajstić information content (AvgIpc) is 2.05. The van der Waals surface area contributed by atoms with Crippen LogP contribution in [0.2, 0.25) is 0 Å². The van der Waals surface area contributed by atoms with Crippen molar-refractivity contribution in [2.45, 2.75) is 20.8 Å². The zero-order chi connectivity index (χ0) is 10.3. The Bertz CT molecular complexity index is 252. The number of carbonyl (C=O) groups excluding carboxylic acids is 2. The van der Waals surface area contributed by atoms with Crippen LogP contribution in [0.3, 0.4) is 0 Å². The number of ketones is 1. The number of amides is 1. The van der Waals surface area contributed by atoms with Gasteiger partial charge in [-0.25, -0.2) is 0 Å². The zero-order valence-corrected chi connectivity index (χ0v) is 8.26. The first-order valence-corrected chi connectivity index (χ1v) is 4.13. The molecule has 0 spiro atoms. The minimum absolute atomic E-state index is 0.00931. The molecule has 0 aromatic carbocycles. The maximum Gasteiger partial charge on any atom is 0.207 e. The van der Waals surface area contributed by atoms with Gasteiger partial charge in [-0.3, -0.25) is 9.59 Å². The molecule has 1 amide bonds. The van der Waals surface area contributed by atoms with Crippen LogP contribution in [0.4, 0.5) is 0 Å². The third kappa shape index (κ3) is 4.25. The second kappa shape index (κ2) is 6.17. The van der Waals surface area contributed by atoms with Crippen molar-refractivity contribution < 1.29 is 9.59 Å². The molecule has 0 radical (unpaired) electrons. The summed E-state index contributed by atoms with van der Waals surface area (Å²) in [6.45, 7) is 5.53. The van der Waals surface area contributed by atoms with Gasteiger partial charge in [0.05, 0.1) is 0 Å². The Morgan fingerprint density at radius 2 is 2.00 bits per heavy atom. The number of rotatable bonds is 5. The number of nitrogens with one attached hydrogen (secondary N) is 1. The highest BCUT2D eigenvalue weighted by Crippen LogP contribution is 2.05. The molecule has 13 heavy (non-hydrogen) atoms. The smallest absolute Gasteiger partial charge is 0.207 e. The van der Waals surface area contributed by atoms with E-state index in [1.807, 2.05) is 26.0 Å². The van der Waals surface area contributed by atoms with E-state index < -0.39 is 0 Å². The molecular formula is C10H15NO2. The third-order valence-electron chi connectivity index (χ3n) is 1.68. The average molecular weight is 181 g/mol. The first kappa shape index (κ1) is 11.6. The summed E-state index contributed by atoms with van der Waals surface area (Å²) in [5.74, 6) is -0.00931. The zero-order valence-electron chi connectivity index (χ0n) is 8.26. The SMILES string of the molecule is C/C=C\C(C)=C(\CNC=O)C(C)=O. The first-order valence-electron chi connectivity index (χ1n) is 4.13. The van der Waals surface area contributed by atoms with Gasteiger partial charge in [0.1, 0.15) is 0 Å². The Morgan fingerprint density at radius 3 is 2.38 bits per heavy atom. The molecule has 0 aliphatic rings. The molecule has 0 aromatic heterocycles. The third-order valence-corrected chi connectivity index (χ3v) is 1.68. The Labute approximate surface area is 78.5 Å². The van der Waals surface area contributed by atoms with E-state index in [0.717, 1.165) is 5.57 Å². The molecule has 0 saturated carbocycles. The molecule has 0 bridgehead atoms. The summed E-state index contributed by atoms with van der Waals surface area (Å²) in [6.07, 6.45) is 4.30. The fraction of sp³-hybridized carbons (Fsp3) is 0.400. The molecular weight excluding hydrogens is 166 g/mol. The summed E-state index contributed by atoms with van der Waals surface area (Å²) in [5.41, 5.74) is 1.54. The van der Waals surface area contributed by atoms with Crippen LogP contribution in [0, 0.1) is 0 Å². The summed E-state index contributed by atoms with van der Waals surface area (Å²) in [4.78, 5) is 21.2. The van der Waals surface area contributed by atoms with Gasteiger partial charge in [0.15, 0.2) is 5.78 Å². The van der Waals surface area contributed by atoms with Crippen LogP contribution in [0.5, 0.6) is 0 Å². The van der Waals surface area contributed by atoms with Crippen molar-refractivity contribution in [2.24, 2.45) is 0 Å². The molecule has 3 heteroatoms. The van der Waals surface area contributed by atoms with Crippen LogP contribution in [-0.4, -0.2) is 18.7 Å². The minimum atomic E-state index is -0.00931. The number of Topliss-reactive ketones (excluding diaryl/α,β-unsaturated/α-hetero) is 1. The standard InChI is InChI=1S/C10H15NO2/c1-4-5-8(2)10(9(3)13)6-11-7-12/h4-5,7H,6H2,1-3H3,(H,11,12)/b5-4-,10-8-. The van der Waals surface area contributed by atoms with E-state index in [1.165, 1.54) is 6.92 Å². The summed E-state index contributed by atoms with van der Waals surface area (Å²) in [5, 5.41) is 2.48. The van der Waals surface area contributed by atoms with Crippen molar-refractivity contribution in [2.75, 3.05) is 6.54 Å². The summed E-state index contributed by atoms with van der Waals surface area (Å²) >= 11 is 0. The van der Waals surface area contributed by atoms with Crippen molar-refractivity contribution in [3.8, 4) is 0 Å². The number of hydrogen-bond donors (Lipinski definition) is 1. The van der Waals surface area contributed by atoms with E-state index in [1.54, 1.807) is 0 Å². The normalized spacial score (nSPS) is 12.5. The Hall–Kier alpha value is -1.38. The summed E-state index contributed by atoms with van der Waals surface area (Å²) in [7, 11) is 0. The predicted octanol–water partition coefficient (Wildman–Crippen LogP) is 1.21. The van der Waals surface area contributed by atoms with Crippen LogP contribution >= 0.6 is 0 Å². The largest absolute Gasteiger partial charge is 0.354 e. The van der Waals surface area contributed by atoms with Gasteiger partial charge in [-0.15, -0.1) is 0 Å². The molecule has 3 nitrogen and oxygen atoms in total. The summed E-state index contributed by atoms with van der Waals surface area (Å²) < 4.78 is 0. The van der Waals surface area contributed by atoms with Gasteiger partial charge in [0.2, 0.25) is 6.41 Å². The van der Waals surface area contributed by atoms with Gasteiger partial charge in [-0.2, -0.15) is 0 Å². The van der Waals surface area contributed by atoms with Crippen LogP contribution in [0.15, 0.2) is 23.3 Å². The molecule has 72 valence electrons. The highest BCUT2D eigenvalue weighted by molar-refractivity contribution is 5.95. The van der Waals surface area contributed by atoms with Crippen molar-refractivity contribution in [1.29, 1.82) is 0 Å². The highest BCUT2D eigenvalue weighted by atomic mass is 16.1. The maximum atomic E-state index is 11.1. The second-order valence-electron chi connectivity index (χ2n) is 2.72. The molecule has 0 aliphatic heterocycles. The van der Waals surface area contributed by atoms with E-state index in [9.17, 15) is 9.59 Å². The number of hydrogen-bond acceptors (Lipinski definition) is 2. The van der Waals surface area contributed by atoms with Crippen molar-refractivity contribution >= 4 is 12.2 Å². The Kier molecular flexibility index (Phi) is 5.52. The lowest BCUT2D eigenvalue weighted by molar-refractivity contribution is -0.113. The maximum absolute atomic E-state index is 11.1. The molecule has 0 unspecified atom stereocenters. The molecule has 0 aromatic rings. The first-order chi connectivity index (χ1) is 6.13. The molecule has 0 fully saturated rings. The number of allylic oxidation sites excluding steroid dienone is 3. The van der Waals surface area contributed by atoms with Crippen LogP contribution in [-0.2, 0) is 9.59 Å². The van der Waals surface area contributed by atoms with E-state index in [4.69, 9.17) is 0 Å². The van der Waals surface area contributed by atoms with Crippen LogP contribution < -0.4 is 5.32 Å². The molecule has 0 saturated heterocycles. The fourth-order valence-electron chi connectivity index (χ4n) is 1.04. The van der Waals surface area contributed by atoms with Gasteiger partial charge in [-0.05, 0) is 26.3 Å². The lowest BCUT2D eigenvalue weighted by Gasteiger charge is -2.04. The fourth-order valence-corrected chi connectivity index (χ4v) is 1.04. The lowest BCUT2D eigenvalue weighted by atomic mass is 10.1. The Morgan fingerprint density at radius 1 is 1.38 bits per heavy atom. The lowest BCUT2D eigenvalue weighted by Crippen LogP contribution is -2.19. The van der Waals surface area contributed by atoms with Gasteiger partial charge >= 0.3 is 0 Å². The summed E-state index contributed by atoms with van der Waals surface area (Å²) in [6, 6.07) is 0. The van der Waals surface area contributed by atoms with Gasteiger partial charge in [0, 0.05) is 12.1 Å². The van der Waals surface area contributed by atoms with E-state index >= 15 is 0 Å². The topological polar surface area (TPSA) is 46.2 Å². The second-order valence-corrected chi connectivity index (χ2v) is 2.72. The van der Waals surface area contributed by atoms with Crippen molar-refractivity contribution in [3.63, 3.8) is 0 Å². The van der Waals surface area contributed by atoms with Gasteiger partial charge < -0.3 is 5.32 Å². The van der Waals surface area contributed by atoms with E-state index in [0.29, 0.717) is 18.5 Å². The van der Waals surface area contributed by atoms with Crippen LogP contribution in [0.1, 0.15) is 20.8 Å². The molecule has 1 N–H and O–H groups in total. The Balaban J connectivity index is 4.66. The minimum Gasteiger partial charge on any atom is -0.354 e. The van der Waals surface area contributed by atoms with Gasteiger partial charge in [0.25, 0.3) is 0 Å². The van der Waals surface area contributed by atoms with Crippen molar-refractivity contribution in [1.82, 2.24) is 5.32 Å². The monoisotopic (exact) mass is 181 g/mol. The van der Waals surface area contributed by atoms with Crippen LogP contribution in [0.25, 0.3) is 0 Å². The van der Waals surface area contributed by atoms with Gasteiger partial charge in [-0.1, -0.05) is 12.2 Å². The van der Waals surface area contributed by atoms with E-state index in [2.05, 4.69) is 5.32 Å². The van der Waals surface area contributed by atoms with Crippen molar-refractivity contribution in [3.05, 3.63) is 23.3 Å². The predicted molar refractivity (Wildman–Crippen MR) is 52.3 cm³/mol. The molecule has 0 aliphatic carbocycles. The highest BCUT2D eigenvalue weighted by Gasteiger charge is 2.05. The van der Waals surface area contributed by atoms with E-state index in [-0.39, 0.29) is 5.78 Å².